The van der Waals surface area contributed by atoms with Gasteiger partial charge in [-0.3, -0.25) is 14.5 Å². The number of hydrogen-bond acceptors (Lipinski definition) is 4. The van der Waals surface area contributed by atoms with Gasteiger partial charge < -0.3 is 15.4 Å². The molecule has 7 heteroatoms. The van der Waals surface area contributed by atoms with Crippen molar-refractivity contribution in [2.45, 2.75) is 38.4 Å². The molecule has 2 heterocycles. The number of nitrogens with one attached hydrogen (secondary N) is 2. The van der Waals surface area contributed by atoms with E-state index in [2.05, 4.69) is 15.5 Å². The molecule has 1 aromatic carbocycles. The van der Waals surface area contributed by atoms with E-state index >= 15 is 0 Å². The zero-order valence-corrected chi connectivity index (χ0v) is 14.5. The molecule has 2 aliphatic rings. The smallest absolute Gasteiger partial charge is 0.228 e. The number of benzene rings is 1. The predicted molar refractivity (Wildman–Crippen MR) is 91.8 cm³/mol. The molecule has 2 amide bonds. The highest BCUT2D eigenvalue weighted by Crippen LogP contribution is 2.32. The van der Waals surface area contributed by atoms with Crippen LogP contribution in [0.2, 0.25) is 0 Å². The number of ether oxygens (including phenoxy) is 1. The molecule has 136 valence electrons. The van der Waals surface area contributed by atoms with Crippen molar-refractivity contribution in [3.05, 3.63) is 29.6 Å². The summed E-state index contributed by atoms with van der Waals surface area (Å²) < 4.78 is 19.0. The van der Waals surface area contributed by atoms with Gasteiger partial charge in [0.2, 0.25) is 11.8 Å². The first kappa shape index (κ1) is 17.8. The van der Waals surface area contributed by atoms with Gasteiger partial charge in [-0.05, 0) is 31.5 Å². The number of rotatable bonds is 4. The number of halogens is 1. The number of hydrogen-bond donors (Lipinski definition) is 2. The van der Waals surface area contributed by atoms with Gasteiger partial charge in [0.1, 0.15) is 5.82 Å². The summed E-state index contributed by atoms with van der Waals surface area (Å²) in [5, 5.41) is 5.53. The van der Waals surface area contributed by atoms with E-state index in [4.69, 9.17) is 4.74 Å². The average molecular weight is 349 g/mol. The van der Waals surface area contributed by atoms with Crippen LogP contribution >= 0.6 is 0 Å². The fourth-order valence-electron chi connectivity index (χ4n) is 3.60. The Bertz CT molecular complexity index is 657. The fraction of sp³-hybridized carbons (Fsp3) is 0.556. The summed E-state index contributed by atoms with van der Waals surface area (Å²) in [7, 11) is 0. The second kappa shape index (κ2) is 7.49. The Hall–Kier alpha value is -1.99. The molecule has 0 unspecified atom stereocenters. The third kappa shape index (κ3) is 4.35. The second-order valence-electron chi connectivity index (χ2n) is 6.84. The van der Waals surface area contributed by atoms with E-state index in [9.17, 15) is 14.0 Å². The molecule has 25 heavy (non-hydrogen) atoms. The van der Waals surface area contributed by atoms with Gasteiger partial charge in [0.15, 0.2) is 0 Å². The zero-order valence-electron chi connectivity index (χ0n) is 14.5. The van der Waals surface area contributed by atoms with Crippen LogP contribution in [0.4, 0.5) is 10.1 Å². The van der Waals surface area contributed by atoms with Crippen molar-refractivity contribution in [2.24, 2.45) is 0 Å². The minimum Gasteiger partial charge on any atom is -0.373 e. The molecule has 0 aromatic heterocycles. The first-order valence-electron chi connectivity index (χ1n) is 8.67. The van der Waals surface area contributed by atoms with Crippen LogP contribution in [0.3, 0.4) is 0 Å². The summed E-state index contributed by atoms with van der Waals surface area (Å²) in [6.45, 7) is 7.00. The molecule has 1 saturated heterocycles. The van der Waals surface area contributed by atoms with E-state index in [-0.39, 0.29) is 30.4 Å². The number of fused-ring (bicyclic) bond motifs is 1. The number of carbonyl (C=O) groups is 2. The predicted octanol–water partition coefficient (Wildman–Crippen LogP) is 1.48. The van der Waals surface area contributed by atoms with Crippen molar-refractivity contribution in [1.82, 2.24) is 10.2 Å². The van der Waals surface area contributed by atoms with Gasteiger partial charge in [0, 0.05) is 38.3 Å². The number of anilines is 1. The van der Waals surface area contributed by atoms with Crippen LogP contribution in [0.15, 0.2) is 18.2 Å². The quantitative estimate of drug-likeness (QED) is 0.864. The average Bonchev–Trinajstić information content (AvgIpc) is 2.52. The summed E-state index contributed by atoms with van der Waals surface area (Å²) in [5.74, 6) is -1.48. The molecule has 2 N–H and O–H groups in total. The lowest BCUT2D eigenvalue weighted by Crippen LogP contribution is -2.48. The SMILES string of the molecule is C[C@@H]1CN(CCNC(=O)[C@@H]2CC(=O)Nc3cc(F)ccc32)C[C@@H](C)O1. The molecule has 0 aliphatic carbocycles. The highest BCUT2D eigenvalue weighted by Gasteiger charge is 2.31. The van der Waals surface area contributed by atoms with E-state index in [1.54, 1.807) is 6.07 Å². The van der Waals surface area contributed by atoms with Gasteiger partial charge in [-0.1, -0.05) is 6.07 Å². The number of carbonyl (C=O) groups excluding carboxylic acids is 2. The Morgan fingerprint density at radius 2 is 2.08 bits per heavy atom. The lowest BCUT2D eigenvalue weighted by molar-refractivity contribution is -0.126. The van der Waals surface area contributed by atoms with Gasteiger partial charge in [0.05, 0.1) is 18.1 Å². The molecule has 1 fully saturated rings. The maximum atomic E-state index is 13.4. The first-order chi connectivity index (χ1) is 11.9. The summed E-state index contributed by atoms with van der Waals surface area (Å²) in [6.07, 6.45) is 0.447. The van der Waals surface area contributed by atoms with Gasteiger partial charge in [-0.15, -0.1) is 0 Å². The van der Waals surface area contributed by atoms with Gasteiger partial charge >= 0.3 is 0 Å². The molecule has 6 nitrogen and oxygen atoms in total. The standard InChI is InChI=1S/C18H24FN3O3/c1-11-9-22(10-12(2)25-11)6-5-20-18(24)15-8-17(23)21-16-7-13(19)3-4-14(15)16/h3-4,7,11-12,15H,5-6,8-10H2,1-2H3,(H,20,24)(H,21,23)/t11-,12-,15-/m1/s1. The lowest BCUT2D eigenvalue weighted by Gasteiger charge is -2.35. The largest absolute Gasteiger partial charge is 0.373 e. The molecule has 1 aromatic rings. The molecule has 0 spiro atoms. The molecule has 0 bridgehead atoms. The highest BCUT2D eigenvalue weighted by atomic mass is 19.1. The van der Waals surface area contributed by atoms with E-state index in [0.717, 1.165) is 19.6 Å². The monoisotopic (exact) mass is 349 g/mol. The Morgan fingerprint density at radius 3 is 2.80 bits per heavy atom. The van der Waals surface area contributed by atoms with Crippen LogP contribution in [0.25, 0.3) is 0 Å². The van der Waals surface area contributed by atoms with E-state index in [1.807, 2.05) is 13.8 Å². The third-order valence-corrected chi connectivity index (χ3v) is 4.59. The van der Waals surface area contributed by atoms with E-state index in [1.165, 1.54) is 12.1 Å². The lowest BCUT2D eigenvalue weighted by atomic mass is 9.89. The van der Waals surface area contributed by atoms with Crippen LogP contribution < -0.4 is 10.6 Å². The van der Waals surface area contributed by atoms with Crippen molar-refractivity contribution in [3.8, 4) is 0 Å². The molecular weight excluding hydrogens is 325 g/mol. The first-order valence-corrected chi connectivity index (χ1v) is 8.67. The minimum atomic E-state index is -0.577. The van der Waals surface area contributed by atoms with Crippen LogP contribution in [0.1, 0.15) is 31.7 Å². The van der Waals surface area contributed by atoms with Crippen LogP contribution in [-0.4, -0.2) is 55.1 Å². The molecule has 2 aliphatic heterocycles. The van der Waals surface area contributed by atoms with Crippen LogP contribution in [0, 0.1) is 5.82 Å². The van der Waals surface area contributed by atoms with Crippen LogP contribution in [0.5, 0.6) is 0 Å². The minimum absolute atomic E-state index is 0.0795. The van der Waals surface area contributed by atoms with Crippen molar-refractivity contribution >= 4 is 17.5 Å². The molecular formula is C18H24FN3O3. The second-order valence-corrected chi connectivity index (χ2v) is 6.84. The zero-order chi connectivity index (χ0) is 18.0. The fourth-order valence-corrected chi connectivity index (χ4v) is 3.60. The third-order valence-electron chi connectivity index (χ3n) is 4.59. The summed E-state index contributed by atoms with van der Waals surface area (Å²) in [4.78, 5) is 26.6. The Labute approximate surface area is 146 Å². The van der Waals surface area contributed by atoms with E-state index in [0.29, 0.717) is 17.8 Å². The van der Waals surface area contributed by atoms with Crippen LogP contribution in [-0.2, 0) is 14.3 Å². The summed E-state index contributed by atoms with van der Waals surface area (Å²) in [5.41, 5.74) is 1.04. The Morgan fingerprint density at radius 1 is 1.36 bits per heavy atom. The Kier molecular flexibility index (Phi) is 5.34. The van der Waals surface area contributed by atoms with Gasteiger partial charge in [-0.2, -0.15) is 0 Å². The molecule has 3 atom stereocenters. The van der Waals surface area contributed by atoms with E-state index < -0.39 is 11.7 Å². The van der Waals surface area contributed by atoms with Crippen molar-refractivity contribution < 1.29 is 18.7 Å². The topological polar surface area (TPSA) is 70.7 Å². The molecule has 0 radical (unpaired) electrons. The summed E-state index contributed by atoms with van der Waals surface area (Å²) in [6, 6.07) is 4.13. The molecule has 3 rings (SSSR count). The Balaban J connectivity index is 1.58. The van der Waals surface area contributed by atoms with Crippen molar-refractivity contribution in [3.63, 3.8) is 0 Å². The number of amides is 2. The highest BCUT2D eigenvalue weighted by molar-refractivity contribution is 6.01. The maximum absolute atomic E-state index is 13.4. The molecule has 0 saturated carbocycles. The van der Waals surface area contributed by atoms with Gasteiger partial charge in [0.25, 0.3) is 0 Å². The normalized spacial score (nSPS) is 26.7. The number of morpholine rings is 1. The summed E-state index contributed by atoms with van der Waals surface area (Å²) >= 11 is 0. The van der Waals surface area contributed by atoms with Crippen molar-refractivity contribution in [1.29, 1.82) is 0 Å². The van der Waals surface area contributed by atoms with Crippen molar-refractivity contribution in [2.75, 3.05) is 31.5 Å². The number of nitrogens with zero attached hydrogens (tertiary/aromatic N) is 1. The maximum Gasteiger partial charge on any atom is 0.228 e. The van der Waals surface area contributed by atoms with Gasteiger partial charge in [-0.25, -0.2) is 4.39 Å².